The molecule has 3 aliphatic carbocycles. The number of allylic oxidation sites excluding steroid dienone is 1. The number of carbonyl (C=O) groups is 4. The second-order valence-electron chi connectivity index (χ2n) is 17.0. The Hall–Kier alpha value is -5.45. The third-order valence-corrected chi connectivity index (χ3v) is 14.4. The van der Waals surface area contributed by atoms with Crippen LogP contribution in [-0.4, -0.2) is 90.3 Å². The Kier molecular flexibility index (Phi) is 11.0. The van der Waals surface area contributed by atoms with Gasteiger partial charge in [0.2, 0.25) is 21.8 Å². The molecule has 0 unspecified atom stereocenters. The summed E-state index contributed by atoms with van der Waals surface area (Å²) < 4.78 is 67.8. The molecule has 17 heteroatoms. The number of halogens is 1. The van der Waals surface area contributed by atoms with Crippen molar-refractivity contribution < 1.29 is 50.6 Å². The van der Waals surface area contributed by atoms with Gasteiger partial charge in [-0.25, -0.2) is 22.6 Å². The van der Waals surface area contributed by atoms with Crippen molar-refractivity contribution in [3.8, 4) is 11.5 Å². The molecule has 4 fully saturated rings. The van der Waals surface area contributed by atoms with Gasteiger partial charge in [0.1, 0.15) is 41.2 Å². The van der Waals surface area contributed by atoms with Crippen molar-refractivity contribution in [2.75, 3.05) is 13.2 Å². The van der Waals surface area contributed by atoms with E-state index in [-0.39, 0.29) is 43.2 Å². The average Bonchev–Trinajstić information content (AvgIpc) is 4.04. The molecule has 4 aromatic rings. The van der Waals surface area contributed by atoms with Crippen LogP contribution in [0.4, 0.5) is 9.18 Å². The molecule has 2 aliphatic heterocycles. The number of fused-ring (bicyclic) bond motifs is 6. The number of hydrogen-bond donors (Lipinski definition) is 3. The number of hydrogen-bond acceptors (Lipinski definition) is 11. The van der Waals surface area contributed by atoms with Crippen molar-refractivity contribution in [3.63, 3.8) is 0 Å². The second kappa shape index (κ2) is 16.4. The number of furan rings is 1. The summed E-state index contributed by atoms with van der Waals surface area (Å²) in [6.45, 7) is 2.10. The zero-order valence-electron chi connectivity index (χ0n) is 34.0. The fourth-order valence-corrected chi connectivity index (χ4v) is 10.5. The highest BCUT2D eigenvalue weighted by Gasteiger charge is 2.62. The number of alkyl carbamates (subject to hydrolysis) is 1. The van der Waals surface area contributed by atoms with Gasteiger partial charge in [0.25, 0.3) is 5.91 Å². The second-order valence-corrected chi connectivity index (χ2v) is 18.9. The van der Waals surface area contributed by atoms with Crippen molar-refractivity contribution in [2.24, 2.45) is 5.92 Å². The maximum atomic E-state index is 15.0. The molecule has 61 heavy (non-hydrogen) atoms. The first-order chi connectivity index (χ1) is 29.4. The summed E-state index contributed by atoms with van der Waals surface area (Å²) in [6, 6.07) is 7.26. The fourth-order valence-electron chi connectivity index (χ4n) is 9.11. The Morgan fingerprint density at radius 1 is 1.00 bits per heavy atom. The predicted molar refractivity (Wildman–Crippen MR) is 222 cm³/mol. The van der Waals surface area contributed by atoms with Gasteiger partial charge in [-0.3, -0.25) is 19.1 Å². The molecule has 3 saturated carbocycles. The van der Waals surface area contributed by atoms with Crippen LogP contribution in [0.15, 0.2) is 53.0 Å². The van der Waals surface area contributed by atoms with Crippen molar-refractivity contribution in [2.45, 2.75) is 125 Å². The number of nitrogens with zero attached hydrogens (tertiary/aromatic N) is 2. The van der Waals surface area contributed by atoms with Crippen molar-refractivity contribution in [3.05, 3.63) is 54.4 Å². The number of carbonyl (C=O) groups excluding carboxylic acids is 4. The van der Waals surface area contributed by atoms with Crippen molar-refractivity contribution >= 4 is 66.8 Å². The molecule has 5 aliphatic rings. The summed E-state index contributed by atoms with van der Waals surface area (Å²) in [6.07, 6.45) is 9.36. The third-order valence-electron chi connectivity index (χ3n) is 12.6. The van der Waals surface area contributed by atoms with Gasteiger partial charge in [-0.15, -0.1) is 0 Å². The Labute approximate surface area is 352 Å². The zero-order valence-corrected chi connectivity index (χ0v) is 34.8. The Bertz CT molecular complexity index is 2540. The summed E-state index contributed by atoms with van der Waals surface area (Å²) in [5.74, 6) is -2.43. The summed E-state index contributed by atoms with van der Waals surface area (Å²) in [5, 5.41) is 5.97. The van der Waals surface area contributed by atoms with Crippen LogP contribution in [0, 0.1) is 11.7 Å². The number of para-hydroxylation sites is 1. The highest BCUT2D eigenvalue weighted by molar-refractivity contribution is 7.91. The molecule has 0 spiro atoms. The molecular weight excluding hydrogens is 810 g/mol. The first-order valence-corrected chi connectivity index (χ1v) is 23.0. The van der Waals surface area contributed by atoms with Gasteiger partial charge in [-0.1, -0.05) is 31.1 Å². The van der Waals surface area contributed by atoms with E-state index in [2.05, 4.69) is 15.4 Å². The monoisotopic (exact) mass is 859 g/mol. The number of nitrogens with one attached hydrogen (secondary N) is 3. The lowest BCUT2D eigenvalue weighted by atomic mass is 10.0. The smallest absolute Gasteiger partial charge is 0.408 e. The molecule has 15 nitrogen and oxygen atoms in total. The first-order valence-electron chi connectivity index (χ1n) is 21.5. The highest BCUT2D eigenvalue weighted by atomic mass is 32.2. The topological polar surface area (TPSA) is 195 Å². The Morgan fingerprint density at radius 2 is 1.80 bits per heavy atom. The van der Waals surface area contributed by atoms with Crippen LogP contribution in [0.5, 0.6) is 11.5 Å². The molecule has 2 aromatic heterocycles. The molecule has 9 rings (SSSR count). The SMILES string of the molecule is CCOc1cccc2c1oc1c(O[C@@H]3C[C@H]4C(=O)N[C@]5(C(=O)NS(=O)(=O)C6CC6)C[C@H]5/C=C\CCCCC[C@H](NC(=O)OC5CCCC5)C(=O)N4C3)c3cc(F)ccc3nc12. The number of amides is 4. The summed E-state index contributed by atoms with van der Waals surface area (Å²) >= 11 is 0. The minimum absolute atomic E-state index is 0.0690. The number of ether oxygens (including phenoxy) is 3. The van der Waals surface area contributed by atoms with Crippen LogP contribution < -0.4 is 24.8 Å². The third kappa shape index (κ3) is 8.20. The number of rotatable bonds is 9. The molecule has 5 atom stereocenters. The minimum atomic E-state index is -3.94. The quantitative estimate of drug-likeness (QED) is 0.166. The average molecular weight is 860 g/mol. The molecule has 0 bridgehead atoms. The highest BCUT2D eigenvalue weighted by Crippen LogP contribution is 2.47. The van der Waals surface area contributed by atoms with Crippen LogP contribution in [0.1, 0.15) is 90.4 Å². The number of sulfonamides is 1. The van der Waals surface area contributed by atoms with Crippen LogP contribution in [0.25, 0.3) is 33.0 Å². The van der Waals surface area contributed by atoms with E-state index in [4.69, 9.17) is 23.6 Å². The van der Waals surface area contributed by atoms with Crippen LogP contribution in [0.2, 0.25) is 0 Å². The number of pyridine rings is 1. The maximum absolute atomic E-state index is 15.0. The van der Waals surface area contributed by atoms with E-state index < -0.39 is 74.5 Å². The predicted octanol–water partition coefficient (Wildman–Crippen LogP) is 6.06. The van der Waals surface area contributed by atoms with E-state index in [1.165, 1.54) is 23.1 Å². The molecule has 3 N–H and O–H groups in total. The van der Waals surface area contributed by atoms with E-state index >= 15 is 0 Å². The van der Waals surface area contributed by atoms with Gasteiger partial charge in [-0.2, -0.15) is 0 Å². The summed E-state index contributed by atoms with van der Waals surface area (Å²) in [7, 11) is -3.94. The first kappa shape index (κ1) is 40.9. The van der Waals surface area contributed by atoms with Crippen LogP contribution in [-0.2, 0) is 29.1 Å². The van der Waals surface area contributed by atoms with E-state index in [1.807, 2.05) is 31.2 Å². The summed E-state index contributed by atoms with van der Waals surface area (Å²) in [5.41, 5.74) is -0.0695. The molecule has 324 valence electrons. The summed E-state index contributed by atoms with van der Waals surface area (Å²) in [4.78, 5) is 62.8. The standard InChI is InChI=1S/C44H50FN5O10S/c1-2-57-35-16-10-14-30-36-39(60-37(30)35)38(31-21-26(45)17-20-32(31)46-36)58-28-22-34-40(51)48-44(42(53)49-61(55,56)29-18-19-29)23-25(44)11-6-4-3-5-7-15-33(41(52)50(34)24-28)47-43(54)59-27-12-8-9-13-27/h6,10-11,14,16-17,20-21,25,27-29,33-34H,2-5,7-9,12-13,15,18-19,22-24H2,1H3,(H,47,54)(H,48,51)(H,49,53)/b11-6-/t25-,28-,33+,34+,44-/m1/s1. The van der Waals surface area contributed by atoms with Gasteiger partial charge in [0.15, 0.2) is 22.7 Å². The van der Waals surface area contributed by atoms with Gasteiger partial charge in [0.05, 0.1) is 29.3 Å². The molecule has 4 amide bonds. The molecular formula is C44H50FN5O10S. The van der Waals surface area contributed by atoms with Crippen LogP contribution in [0.3, 0.4) is 0 Å². The number of aromatic nitrogens is 1. The van der Waals surface area contributed by atoms with Gasteiger partial charge in [-0.05, 0) is 101 Å². The number of benzene rings is 2. The Morgan fingerprint density at radius 3 is 2.59 bits per heavy atom. The molecule has 4 heterocycles. The van der Waals surface area contributed by atoms with Crippen molar-refractivity contribution in [1.82, 2.24) is 25.2 Å². The molecule has 0 radical (unpaired) electrons. The van der Waals surface area contributed by atoms with Gasteiger partial charge < -0.3 is 34.2 Å². The maximum Gasteiger partial charge on any atom is 0.408 e. The fraction of sp³-hybridized carbons (Fsp3) is 0.523. The lowest BCUT2D eigenvalue weighted by molar-refractivity contribution is -0.141. The molecule has 1 saturated heterocycles. The lowest BCUT2D eigenvalue weighted by Crippen LogP contribution is -2.58. The van der Waals surface area contributed by atoms with Crippen molar-refractivity contribution in [1.29, 1.82) is 0 Å². The van der Waals surface area contributed by atoms with E-state index in [0.29, 0.717) is 65.4 Å². The van der Waals surface area contributed by atoms with Gasteiger partial charge in [0, 0.05) is 17.7 Å². The Balaban J connectivity index is 1.08. The van der Waals surface area contributed by atoms with E-state index in [1.54, 1.807) is 6.07 Å². The minimum Gasteiger partial charge on any atom is -0.490 e. The largest absolute Gasteiger partial charge is 0.490 e. The zero-order chi connectivity index (χ0) is 42.5. The lowest BCUT2D eigenvalue weighted by Gasteiger charge is -2.30. The molecule has 2 aromatic carbocycles. The van der Waals surface area contributed by atoms with E-state index in [0.717, 1.165) is 38.5 Å². The normalized spacial score (nSPS) is 26.8. The van der Waals surface area contributed by atoms with Crippen LogP contribution >= 0.6 is 0 Å². The van der Waals surface area contributed by atoms with Gasteiger partial charge >= 0.3 is 6.09 Å². The van der Waals surface area contributed by atoms with E-state index in [9.17, 15) is 32.0 Å².